The Balaban J connectivity index is 3.21. The highest BCUT2D eigenvalue weighted by atomic mass is 32.2. The van der Waals surface area contributed by atoms with Crippen LogP contribution in [0.15, 0.2) is 24.3 Å². The lowest BCUT2D eigenvalue weighted by atomic mass is 10.1. The van der Waals surface area contributed by atoms with Crippen LogP contribution < -0.4 is 9.62 Å². The minimum absolute atomic E-state index is 0.0755. The van der Waals surface area contributed by atoms with E-state index < -0.39 is 26.9 Å². The van der Waals surface area contributed by atoms with Gasteiger partial charge in [-0.1, -0.05) is 19.9 Å². The number of carbonyl (C=O) groups is 1. The van der Waals surface area contributed by atoms with Gasteiger partial charge in [-0.3, -0.25) is 19.2 Å². The number of anilines is 1. The molecule has 0 aromatic heterocycles. The average molecular weight is 357 g/mol. The Morgan fingerprint density at radius 3 is 2.29 bits per heavy atom. The lowest BCUT2D eigenvalue weighted by Crippen LogP contribution is -2.50. The zero-order valence-electron chi connectivity index (χ0n) is 14.4. The highest BCUT2D eigenvalue weighted by Crippen LogP contribution is 2.25. The van der Waals surface area contributed by atoms with Gasteiger partial charge in [0.1, 0.15) is 6.04 Å². The normalized spacial score (nSPS) is 14.1. The zero-order chi connectivity index (χ0) is 18.7. The summed E-state index contributed by atoms with van der Waals surface area (Å²) in [6.07, 6.45) is 0.960. The number of hydrogen-bond acceptors (Lipinski definition) is 5. The van der Waals surface area contributed by atoms with Gasteiger partial charge < -0.3 is 5.32 Å². The van der Waals surface area contributed by atoms with Gasteiger partial charge in [0.15, 0.2) is 0 Å². The van der Waals surface area contributed by atoms with Gasteiger partial charge in [-0.05, 0) is 25.8 Å². The molecule has 134 valence electrons. The number of hydrogen-bond donors (Lipinski definition) is 1. The van der Waals surface area contributed by atoms with E-state index in [4.69, 9.17) is 0 Å². The summed E-state index contributed by atoms with van der Waals surface area (Å²) in [6, 6.07) is 4.03. The van der Waals surface area contributed by atoms with Gasteiger partial charge in [0, 0.05) is 18.2 Å². The molecule has 1 rings (SSSR count). The minimum Gasteiger partial charge on any atom is -0.352 e. The van der Waals surface area contributed by atoms with Crippen LogP contribution in [0.25, 0.3) is 0 Å². The molecular formula is C15H23N3O5S. The van der Waals surface area contributed by atoms with Crippen LogP contribution in [0.5, 0.6) is 0 Å². The highest BCUT2D eigenvalue weighted by molar-refractivity contribution is 7.92. The molecule has 0 bridgehead atoms. The molecule has 1 N–H and O–H groups in total. The number of sulfonamides is 1. The van der Waals surface area contributed by atoms with Crippen LogP contribution in [0.2, 0.25) is 0 Å². The van der Waals surface area contributed by atoms with Crippen molar-refractivity contribution in [3.8, 4) is 0 Å². The monoisotopic (exact) mass is 357 g/mol. The van der Waals surface area contributed by atoms with Crippen molar-refractivity contribution in [2.75, 3.05) is 10.6 Å². The molecule has 1 aromatic rings. The van der Waals surface area contributed by atoms with Crippen LogP contribution in [-0.2, 0) is 14.8 Å². The molecule has 0 saturated carbocycles. The number of nitrogens with zero attached hydrogens (tertiary/aromatic N) is 2. The fraction of sp³-hybridized carbons (Fsp3) is 0.533. The van der Waals surface area contributed by atoms with Gasteiger partial charge >= 0.3 is 0 Å². The molecule has 2 atom stereocenters. The molecule has 0 heterocycles. The summed E-state index contributed by atoms with van der Waals surface area (Å²) in [6.45, 7) is 7.14. The van der Waals surface area contributed by atoms with Crippen molar-refractivity contribution in [2.24, 2.45) is 5.92 Å². The predicted octanol–water partition coefficient (Wildman–Crippen LogP) is 1.91. The fourth-order valence-corrected chi connectivity index (χ4v) is 3.23. The topological polar surface area (TPSA) is 110 Å². The SMILES string of the molecule is CC(C)[C@@H](C)NC(=O)[C@@H](C)N(c1cccc([N+](=O)[O-])c1)S(C)(=O)=O. The van der Waals surface area contributed by atoms with Gasteiger partial charge in [-0.25, -0.2) is 8.42 Å². The van der Waals surface area contributed by atoms with Crippen molar-refractivity contribution in [3.05, 3.63) is 34.4 Å². The van der Waals surface area contributed by atoms with E-state index in [1.807, 2.05) is 20.8 Å². The zero-order valence-corrected chi connectivity index (χ0v) is 15.2. The van der Waals surface area contributed by atoms with Gasteiger partial charge in [-0.15, -0.1) is 0 Å². The largest absolute Gasteiger partial charge is 0.352 e. The predicted molar refractivity (Wildman–Crippen MR) is 92.3 cm³/mol. The highest BCUT2D eigenvalue weighted by Gasteiger charge is 2.30. The minimum atomic E-state index is -3.81. The molecule has 0 unspecified atom stereocenters. The lowest BCUT2D eigenvalue weighted by Gasteiger charge is -2.29. The number of benzene rings is 1. The van der Waals surface area contributed by atoms with E-state index in [1.54, 1.807) is 0 Å². The maximum Gasteiger partial charge on any atom is 0.271 e. The van der Waals surface area contributed by atoms with Gasteiger partial charge in [0.05, 0.1) is 16.9 Å². The van der Waals surface area contributed by atoms with E-state index in [9.17, 15) is 23.3 Å². The Hall–Kier alpha value is -2.16. The molecule has 1 aromatic carbocycles. The quantitative estimate of drug-likeness (QED) is 0.592. The number of rotatable bonds is 7. The van der Waals surface area contributed by atoms with Gasteiger partial charge in [0.25, 0.3) is 5.69 Å². The van der Waals surface area contributed by atoms with Crippen molar-refractivity contribution in [1.82, 2.24) is 5.32 Å². The first-order valence-corrected chi connectivity index (χ1v) is 9.34. The molecule has 0 fully saturated rings. The molecule has 0 aliphatic heterocycles. The third-order valence-corrected chi connectivity index (χ3v) is 5.00. The van der Waals surface area contributed by atoms with Crippen molar-refractivity contribution in [3.63, 3.8) is 0 Å². The van der Waals surface area contributed by atoms with E-state index in [0.29, 0.717) is 0 Å². The molecule has 0 spiro atoms. The second-order valence-corrected chi connectivity index (χ2v) is 7.91. The Morgan fingerprint density at radius 2 is 1.83 bits per heavy atom. The summed E-state index contributed by atoms with van der Waals surface area (Å²) in [5, 5.41) is 13.7. The molecule has 0 radical (unpaired) electrons. The summed E-state index contributed by atoms with van der Waals surface area (Å²) in [4.78, 5) is 22.7. The second kappa shape index (κ2) is 7.61. The maximum absolute atomic E-state index is 12.4. The van der Waals surface area contributed by atoms with E-state index in [-0.39, 0.29) is 23.3 Å². The van der Waals surface area contributed by atoms with Crippen molar-refractivity contribution in [2.45, 2.75) is 39.8 Å². The van der Waals surface area contributed by atoms with Crippen LogP contribution in [0.1, 0.15) is 27.7 Å². The summed E-state index contributed by atoms with van der Waals surface area (Å²) >= 11 is 0. The number of non-ortho nitro benzene ring substituents is 1. The van der Waals surface area contributed by atoms with E-state index in [1.165, 1.54) is 25.1 Å². The second-order valence-electron chi connectivity index (χ2n) is 6.05. The number of carbonyl (C=O) groups excluding carboxylic acids is 1. The summed E-state index contributed by atoms with van der Waals surface area (Å²) in [7, 11) is -3.81. The Labute approximate surface area is 142 Å². The Bertz CT molecular complexity index is 718. The van der Waals surface area contributed by atoms with Crippen LogP contribution in [-0.4, -0.2) is 37.6 Å². The van der Waals surface area contributed by atoms with E-state index in [2.05, 4.69) is 5.32 Å². The first kappa shape index (κ1) is 19.9. The molecule has 24 heavy (non-hydrogen) atoms. The van der Waals surface area contributed by atoms with E-state index in [0.717, 1.165) is 16.6 Å². The molecule has 8 nitrogen and oxygen atoms in total. The third-order valence-electron chi connectivity index (χ3n) is 3.75. The fourth-order valence-electron chi connectivity index (χ4n) is 2.06. The Kier molecular flexibility index (Phi) is 6.30. The first-order valence-electron chi connectivity index (χ1n) is 7.49. The summed E-state index contributed by atoms with van der Waals surface area (Å²) in [5.41, 5.74) is -0.171. The number of nitro benzene ring substituents is 1. The lowest BCUT2D eigenvalue weighted by molar-refractivity contribution is -0.384. The molecular weight excluding hydrogens is 334 g/mol. The number of nitro groups is 1. The molecule has 1 amide bonds. The van der Waals surface area contributed by atoms with E-state index >= 15 is 0 Å². The van der Waals surface area contributed by atoms with Gasteiger partial charge in [-0.2, -0.15) is 0 Å². The van der Waals surface area contributed by atoms with Crippen LogP contribution in [0.4, 0.5) is 11.4 Å². The van der Waals surface area contributed by atoms with Crippen molar-refractivity contribution >= 4 is 27.3 Å². The maximum atomic E-state index is 12.4. The third kappa shape index (κ3) is 4.92. The summed E-state index contributed by atoms with van der Waals surface area (Å²) < 4.78 is 25.2. The van der Waals surface area contributed by atoms with Crippen molar-refractivity contribution in [1.29, 1.82) is 0 Å². The average Bonchev–Trinajstić information content (AvgIpc) is 2.45. The van der Waals surface area contributed by atoms with Crippen LogP contribution in [0, 0.1) is 16.0 Å². The molecule has 0 aliphatic carbocycles. The molecule has 9 heteroatoms. The number of nitrogens with one attached hydrogen (secondary N) is 1. The molecule has 0 saturated heterocycles. The molecule has 0 aliphatic rings. The van der Waals surface area contributed by atoms with Crippen LogP contribution >= 0.6 is 0 Å². The Morgan fingerprint density at radius 1 is 1.25 bits per heavy atom. The van der Waals surface area contributed by atoms with Crippen molar-refractivity contribution < 1.29 is 18.1 Å². The first-order chi connectivity index (χ1) is 10.9. The number of amides is 1. The standard InChI is InChI=1S/C15H23N3O5S/c1-10(2)11(3)16-15(19)12(4)17(24(5,22)23)13-7-6-8-14(9-13)18(20)21/h6-12H,1-5H3,(H,16,19)/t11-,12-/m1/s1. The van der Waals surface area contributed by atoms with Gasteiger partial charge in [0.2, 0.25) is 15.9 Å². The smallest absolute Gasteiger partial charge is 0.271 e. The summed E-state index contributed by atoms with van der Waals surface area (Å²) in [5.74, 6) is -0.279. The van der Waals surface area contributed by atoms with Crippen LogP contribution in [0.3, 0.4) is 0 Å².